The number of carbonyl (C=O) groups excluding carboxylic acids is 1. The van der Waals surface area contributed by atoms with Crippen molar-refractivity contribution in [2.24, 2.45) is 0 Å². The quantitative estimate of drug-likeness (QED) is 0.821. The van der Waals surface area contributed by atoms with E-state index in [0.717, 1.165) is 6.42 Å². The molecule has 1 heterocycles. The van der Waals surface area contributed by atoms with Gasteiger partial charge < -0.3 is 9.84 Å². The smallest absolute Gasteiger partial charge is 0.358 e. The zero-order chi connectivity index (χ0) is 16.1. The van der Waals surface area contributed by atoms with Crippen LogP contribution in [0.2, 0.25) is 0 Å². The third kappa shape index (κ3) is 3.13. The number of esters is 1. The van der Waals surface area contributed by atoms with Crippen molar-refractivity contribution in [2.45, 2.75) is 26.7 Å². The molecule has 0 atom stereocenters. The molecule has 1 N–H and O–H groups in total. The Hall–Kier alpha value is -2.70. The van der Waals surface area contributed by atoms with Gasteiger partial charge in [0.1, 0.15) is 0 Å². The number of nitrogens with zero attached hydrogens (tertiary/aromatic N) is 3. The van der Waals surface area contributed by atoms with Gasteiger partial charge in [-0.15, -0.1) is 5.10 Å². The summed E-state index contributed by atoms with van der Waals surface area (Å²) in [7, 11) is 0. The van der Waals surface area contributed by atoms with Gasteiger partial charge in [0.2, 0.25) is 0 Å². The minimum absolute atomic E-state index is 0.0451. The first-order valence-electron chi connectivity index (χ1n) is 7.03. The number of rotatable bonds is 6. The first-order chi connectivity index (χ1) is 10.6. The zero-order valence-corrected chi connectivity index (χ0v) is 12.4. The lowest BCUT2D eigenvalue weighted by atomic mass is 10.1. The molecule has 1 aromatic heterocycles. The minimum Gasteiger partial charge on any atom is -0.476 e. The summed E-state index contributed by atoms with van der Waals surface area (Å²) in [6.45, 7) is 4.01. The van der Waals surface area contributed by atoms with E-state index in [1.165, 1.54) is 4.68 Å². The van der Waals surface area contributed by atoms with E-state index in [0.29, 0.717) is 30.0 Å². The molecule has 0 radical (unpaired) electrons. The molecule has 0 unspecified atom stereocenters. The summed E-state index contributed by atoms with van der Waals surface area (Å²) >= 11 is 0. The van der Waals surface area contributed by atoms with Crippen LogP contribution in [0.25, 0.3) is 5.69 Å². The summed E-state index contributed by atoms with van der Waals surface area (Å²) in [6, 6.07) is 6.60. The number of benzene rings is 1. The van der Waals surface area contributed by atoms with Crippen LogP contribution in [0.1, 0.15) is 46.8 Å². The molecule has 0 saturated carbocycles. The van der Waals surface area contributed by atoms with Crippen molar-refractivity contribution in [3.63, 3.8) is 0 Å². The van der Waals surface area contributed by atoms with E-state index in [4.69, 9.17) is 9.84 Å². The van der Waals surface area contributed by atoms with E-state index >= 15 is 0 Å². The summed E-state index contributed by atoms with van der Waals surface area (Å²) in [5.74, 6) is -1.49. The maximum atomic E-state index is 11.6. The second-order valence-electron chi connectivity index (χ2n) is 4.62. The van der Waals surface area contributed by atoms with Crippen molar-refractivity contribution in [2.75, 3.05) is 6.61 Å². The molecule has 2 aromatic rings. The highest BCUT2D eigenvalue weighted by molar-refractivity contribution is 5.89. The standard InChI is InChI=1S/C15H17N3O4/c1-3-5-12-13(14(19)20)16-17-18(12)11-8-6-10(7-9-11)15(21)22-4-2/h6-9H,3-5H2,1-2H3,(H,19,20). The molecule has 2 rings (SSSR count). The molecule has 116 valence electrons. The van der Waals surface area contributed by atoms with Crippen molar-refractivity contribution >= 4 is 11.9 Å². The van der Waals surface area contributed by atoms with E-state index in [-0.39, 0.29) is 5.69 Å². The lowest BCUT2D eigenvalue weighted by molar-refractivity contribution is 0.0526. The molecule has 7 heteroatoms. The monoisotopic (exact) mass is 303 g/mol. The second kappa shape index (κ2) is 6.84. The average molecular weight is 303 g/mol. The Morgan fingerprint density at radius 1 is 1.23 bits per heavy atom. The molecule has 0 saturated heterocycles. The molecule has 0 fully saturated rings. The third-order valence-corrected chi connectivity index (χ3v) is 3.08. The fraction of sp³-hybridized carbons (Fsp3) is 0.333. The first-order valence-corrected chi connectivity index (χ1v) is 7.03. The highest BCUT2D eigenvalue weighted by Crippen LogP contribution is 2.16. The number of hydrogen-bond acceptors (Lipinski definition) is 5. The number of aromatic carboxylic acids is 1. The summed E-state index contributed by atoms with van der Waals surface area (Å²) in [6.07, 6.45) is 1.32. The van der Waals surface area contributed by atoms with Gasteiger partial charge in [0.05, 0.1) is 23.6 Å². The Labute approximate surface area is 127 Å². The van der Waals surface area contributed by atoms with E-state index < -0.39 is 11.9 Å². The largest absolute Gasteiger partial charge is 0.476 e. The van der Waals surface area contributed by atoms with Gasteiger partial charge in [-0.1, -0.05) is 18.6 Å². The molecule has 0 aliphatic rings. The summed E-state index contributed by atoms with van der Waals surface area (Å²) in [4.78, 5) is 22.8. The van der Waals surface area contributed by atoms with Crippen LogP contribution in [0.4, 0.5) is 0 Å². The molecule has 0 aliphatic heterocycles. The average Bonchev–Trinajstić information content (AvgIpc) is 2.92. The van der Waals surface area contributed by atoms with Gasteiger partial charge in [0.15, 0.2) is 5.69 Å². The number of carboxylic acid groups (broad SMARTS) is 1. The van der Waals surface area contributed by atoms with E-state index in [2.05, 4.69) is 10.3 Å². The lowest BCUT2D eigenvalue weighted by Crippen LogP contribution is -2.08. The fourth-order valence-corrected chi connectivity index (χ4v) is 2.09. The van der Waals surface area contributed by atoms with Crippen LogP contribution in [0.15, 0.2) is 24.3 Å². The maximum absolute atomic E-state index is 11.6. The Morgan fingerprint density at radius 3 is 2.45 bits per heavy atom. The van der Waals surface area contributed by atoms with Gasteiger partial charge in [-0.25, -0.2) is 14.3 Å². The number of carboxylic acids is 1. The molecule has 7 nitrogen and oxygen atoms in total. The first kappa shape index (κ1) is 15.7. The van der Waals surface area contributed by atoms with Crippen LogP contribution in [0.5, 0.6) is 0 Å². The molecule has 22 heavy (non-hydrogen) atoms. The number of aromatic nitrogens is 3. The highest BCUT2D eigenvalue weighted by atomic mass is 16.5. The molecule has 0 spiro atoms. The second-order valence-corrected chi connectivity index (χ2v) is 4.62. The Bertz CT molecular complexity index is 677. The third-order valence-electron chi connectivity index (χ3n) is 3.08. The van der Waals surface area contributed by atoms with Gasteiger partial charge in [-0.2, -0.15) is 0 Å². The van der Waals surface area contributed by atoms with Gasteiger partial charge in [0, 0.05) is 0 Å². The maximum Gasteiger partial charge on any atom is 0.358 e. The van der Waals surface area contributed by atoms with Gasteiger partial charge >= 0.3 is 11.9 Å². The number of ether oxygens (including phenoxy) is 1. The van der Waals surface area contributed by atoms with Crippen molar-refractivity contribution in [1.29, 1.82) is 0 Å². The summed E-state index contributed by atoms with van der Waals surface area (Å²) in [5, 5.41) is 16.8. The molecular formula is C15H17N3O4. The Balaban J connectivity index is 2.36. The molecule has 0 bridgehead atoms. The van der Waals surface area contributed by atoms with Crippen LogP contribution >= 0.6 is 0 Å². The van der Waals surface area contributed by atoms with Crippen LogP contribution in [0.3, 0.4) is 0 Å². The lowest BCUT2D eigenvalue weighted by Gasteiger charge is -2.07. The Morgan fingerprint density at radius 2 is 1.91 bits per heavy atom. The van der Waals surface area contributed by atoms with Crippen molar-refractivity contribution in [3.8, 4) is 5.69 Å². The van der Waals surface area contributed by atoms with Crippen molar-refractivity contribution in [3.05, 3.63) is 41.2 Å². The van der Waals surface area contributed by atoms with Crippen LogP contribution < -0.4 is 0 Å². The minimum atomic E-state index is -1.10. The SMILES string of the molecule is CCCc1c(C(=O)O)nnn1-c1ccc(C(=O)OCC)cc1. The molecule has 0 amide bonds. The van der Waals surface area contributed by atoms with E-state index in [1.54, 1.807) is 31.2 Å². The predicted molar refractivity (Wildman–Crippen MR) is 78.3 cm³/mol. The van der Waals surface area contributed by atoms with E-state index in [9.17, 15) is 9.59 Å². The fourth-order valence-electron chi connectivity index (χ4n) is 2.09. The van der Waals surface area contributed by atoms with Crippen molar-refractivity contribution in [1.82, 2.24) is 15.0 Å². The van der Waals surface area contributed by atoms with Crippen LogP contribution in [0, 0.1) is 0 Å². The Kier molecular flexibility index (Phi) is 4.88. The topological polar surface area (TPSA) is 94.3 Å². The number of carbonyl (C=O) groups is 2. The molecule has 0 aliphatic carbocycles. The zero-order valence-electron chi connectivity index (χ0n) is 12.4. The molecular weight excluding hydrogens is 286 g/mol. The van der Waals surface area contributed by atoms with Gasteiger partial charge in [-0.05, 0) is 37.6 Å². The predicted octanol–water partition coefficient (Wildman–Crippen LogP) is 2.09. The van der Waals surface area contributed by atoms with Gasteiger partial charge in [0.25, 0.3) is 0 Å². The van der Waals surface area contributed by atoms with E-state index in [1.807, 2.05) is 6.92 Å². The van der Waals surface area contributed by atoms with Crippen LogP contribution in [-0.4, -0.2) is 38.6 Å². The van der Waals surface area contributed by atoms with Crippen molar-refractivity contribution < 1.29 is 19.4 Å². The van der Waals surface area contributed by atoms with Crippen LogP contribution in [-0.2, 0) is 11.2 Å². The summed E-state index contributed by atoms with van der Waals surface area (Å²) in [5.41, 5.74) is 1.58. The highest BCUT2D eigenvalue weighted by Gasteiger charge is 2.19. The summed E-state index contributed by atoms with van der Waals surface area (Å²) < 4.78 is 6.41. The normalized spacial score (nSPS) is 10.5. The van der Waals surface area contributed by atoms with Gasteiger partial charge in [-0.3, -0.25) is 0 Å². The molecule has 1 aromatic carbocycles. The number of hydrogen-bond donors (Lipinski definition) is 1.